The molecule has 17 heavy (non-hydrogen) atoms. The SMILES string of the molecule is O=CCCc1ccc(S(=O)(=O)C2COC2)cc1. The van der Waals surface area contributed by atoms with E-state index in [4.69, 9.17) is 4.74 Å². The molecule has 1 aromatic rings. The first kappa shape index (κ1) is 12.3. The van der Waals surface area contributed by atoms with Gasteiger partial charge in [0.2, 0.25) is 0 Å². The van der Waals surface area contributed by atoms with Crippen molar-refractivity contribution in [3.8, 4) is 0 Å². The van der Waals surface area contributed by atoms with Crippen molar-refractivity contribution in [3.05, 3.63) is 29.8 Å². The van der Waals surface area contributed by atoms with Crippen LogP contribution in [0.3, 0.4) is 0 Å². The molecule has 1 aliphatic rings. The first-order valence-electron chi connectivity index (χ1n) is 5.49. The number of ether oxygens (including phenoxy) is 1. The molecule has 1 heterocycles. The van der Waals surface area contributed by atoms with Crippen molar-refractivity contribution in [2.75, 3.05) is 13.2 Å². The van der Waals surface area contributed by atoms with Crippen molar-refractivity contribution in [2.24, 2.45) is 0 Å². The third-order valence-corrected chi connectivity index (χ3v) is 4.93. The second kappa shape index (κ2) is 4.98. The number of sulfone groups is 1. The highest BCUT2D eigenvalue weighted by atomic mass is 32.2. The van der Waals surface area contributed by atoms with E-state index in [0.717, 1.165) is 11.8 Å². The summed E-state index contributed by atoms with van der Waals surface area (Å²) in [4.78, 5) is 10.6. The van der Waals surface area contributed by atoms with E-state index in [1.165, 1.54) is 0 Å². The number of rotatable bonds is 5. The van der Waals surface area contributed by atoms with E-state index in [2.05, 4.69) is 0 Å². The minimum atomic E-state index is -3.23. The van der Waals surface area contributed by atoms with Crippen molar-refractivity contribution in [2.45, 2.75) is 23.0 Å². The summed E-state index contributed by atoms with van der Waals surface area (Å²) in [5.74, 6) is 0. The molecule has 0 atom stereocenters. The number of hydrogen-bond donors (Lipinski definition) is 0. The van der Waals surface area contributed by atoms with Gasteiger partial charge in [0.1, 0.15) is 11.5 Å². The molecule has 0 saturated carbocycles. The van der Waals surface area contributed by atoms with Gasteiger partial charge in [0.05, 0.1) is 18.1 Å². The molecule has 1 aliphatic heterocycles. The van der Waals surface area contributed by atoms with Gasteiger partial charge in [-0.25, -0.2) is 8.42 Å². The third kappa shape index (κ3) is 2.56. The Kier molecular flexibility index (Phi) is 3.59. The molecular formula is C12H14O4S. The van der Waals surface area contributed by atoms with Crippen LogP contribution in [0.2, 0.25) is 0 Å². The normalized spacial score (nSPS) is 16.5. The summed E-state index contributed by atoms with van der Waals surface area (Å²) >= 11 is 0. The largest absolute Gasteiger partial charge is 0.379 e. The van der Waals surface area contributed by atoms with Gasteiger partial charge in [-0.2, -0.15) is 0 Å². The number of carbonyl (C=O) groups excluding carboxylic acids is 1. The Hall–Kier alpha value is -1.20. The summed E-state index contributed by atoms with van der Waals surface area (Å²) in [6.45, 7) is 0.574. The molecule has 5 heteroatoms. The van der Waals surface area contributed by atoms with Crippen LogP contribution in [0, 0.1) is 0 Å². The zero-order valence-electron chi connectivity index (χ0n) is 9.33. The molecule has 1 aromatic carbocycles. The number of aldehydes is 1. The molecule has 2 rings (SSSR count). The molecule has 92 valence electrons. The highest BCUT2D eigenvalue weighted by Crippen LogP contribution is 2.21. The first-order chi connectivity index (χ1) is 8.14. The topological polar surface area (TPSA) is 60.4 Å². The van der Waals surface area contributed by atoms with E-state index in [1.54, 1.807) is 24.3 Å². The number of aryl methyl sites for hydroxylation is 1. The highest BCUT2D eigenvalue weighted by molar-refractivity contribution is 7.92. The average molecular weight is 254 g/mol. The number of carbonyl (C=O) groups is 1. The van der Waals surface area contributed by atoms with Crippen molar-refractivity contribution >= 4 is 16.1 Å². The second-order valence-electron chi connectivity index (χ2n) is 4.05. The van der Waals surface area contributed by atoms with Crippen LogP contribution in [0.15, 0.2) is 29.2 Å². The van der Waals surface area contributed by atoms with Gasteiger partial charge < -0.3 is 9.53 Å². The molecule has 4 nitrogen and oxygen atoms in total. The molecule has 0 radical (unpaired) electrons. The number of benzene rings is 1. The lowest BCUT2D eigenvalue weighted by Crippen LogP contribution is -2.40. The lowest BCUT2D eigenvalue weighted by molar-refractivity contribution is -0.107. The summed E-state index contributed by atoms with van der Waals surface area (Å²) in [6.07, 6.45) is 1.97. The first-order valence-corrected chi connectivity index (χ1v) is 7.03. The lowest BCUT2D eigenvalue weighted by Gasteiger charge is -2.25. The Bertz CT molecular complexity index is 486. The van der Waals surface area contributed by atoms with Crippen molar-refractivity contribution in [1.29, 1.82) is 0 Å². The van der Waals surface area contributed by atoms with Crippen LogP contribution < -0.4 is 0 Å². The van der Waals surface area contributed by atoms with Gasteiger partial charge in [-0.05, 0) is 24.1 Å². The Morgan fingerprint density at radius 1 is 1.24 bits per heavy atom. The third-order valence-electron chi connectivity index (χ3n) is 2.85. The predicted molar refractivity (Wildman–Crippen MR) is 62.6 cm³/mol. The van der Waals surface area contributed by atoms with E-state index in [1.807, 2.05) is 0 Å². The predicted octanol–water partition coefficient (Wildman–Crippen LogP) is 0.991. The van der Waals surface area contributed by atoms with Crippen molar-refractivity contribution in [3.63, 3.8) is 0 Å². The van der Waals surface area contributed by atoms with Crippen molar-refractivity contribution < 1.29 is 17.9 Å². The maximum atomic E-state index is 12.0. The summed E-state index contributed by atoms with van der Waals surface area (Å²) in [5.41, 5.74) is 0.973. The Morgan fingerprint density at radius 2 is 1.88 bits per heavy atom. The Morgan fingerprint density at radius 3 is 2.35 bits per heavy atom. The molecule has 1 fully saturated rings. The second-order valence-corrected chi connectivity index (χ2v) is 6.28. The summed E-state index contributed by atoms with van der Waals surface area (Å²) in [7, 11) is -3.23. The smallest absolute Gasteiger partial charge is 0.185 e. The van der Waals surface area contributed by atoms with Gasteiger partial charge in [0.15, 0.2) is 9.84 Å². The Labute approximate surface area is 101 Å². The van der Waals surface area contributed by atoms with Crippen LogP contribution in [0.4, 0.5) is 0 Å². The van der Waals surface area contributed by atoms with Crippen molar-refractivity contribution in [1.82, 2.24) is 0 Å². The van der Waals surface area contributed by atoms with Crippen LogP contribution >= 0.6 is 0 Å². The fourth-order valence-electron chi connectivity index (χ4n) is 1.66. The molecular weight excluding hydrogens is 240 g/mol. The minimum absolute atomic E-state index is 0.287. The maximum Gasteiger partial charge on any atom is 0.185 e. The van der Waals surface area contributed by atoms with Gasteiger partial charge in [-0.1, -0.05) is 12.1 Å². The fraction of sp³-hybridized carbons (Fsp3) is 0.417. The summed E-state index contributed by atoms with van der Waals surface area (Å²) in [5, 5.41) is -0.400. The van der Waals surface area contributed by atoms with Crippen LogP contribution in [0.1, 0.15) is 12.0 Å². The molecule has 0 amide bonds. The monoisotopic (exact) mass is 254 g/mol. The molecule has 0 aliphatic carbocycles. The van der Waals surface area contributed by atoms with Crippen LogP contribution in [0.5, 0.6) is 0 Å². The van der Waals surface area contributed by atoms with E-state index >= 15 is 0 Å². The Balaban J connectivity index is 2.14. The molecule has 0 unspecified atom stereocenters. The summed E-state index contributed by atoms with van der Waals surface area (Å²) < 4.78 is 28.9. The molecule has 0 spiro atoms. The van der Waals surface area contributed by atoms with Crippen LogP contribution in [0.25, 0.3) is 0 Å². The standard InChI is InChI=1S/C12H14O4S/c13-7-1-2-10-3-5-11(6-4-10)17(14,15)12-8-16-9-12/h3-7,12H,1-2,8-9H2. The highest BCUT2D eigenvalue weighted by Gasteiger charge is 2.33. The van der Waals surface area contributed by atoms with Gasteiger partial charge >= 0.3 is 0 Å². The maximum absolute atomic E-state index is 12.0. The quantitative estimate of drug-likeness (QED) is 0.735. The van der Waals surface area contributed by atoms with Crippen LogP contribution in [-0.2, 0) is 25.8 Å². The average Bonchev–Trinajstić information content (AvgIpc) is 2.24. The zero-order chi connectivity index (χ0) is 12.3. The zero-order valence-corrected chi connectivity index (χ0v) is 10.2. The molecule has 1 saturated heterocycles. The van der Waals surface area contributed by atoms with Crippen LogP contribution in [-0.4, -0.2) is 33.2 Å². The van der Waals surface area contributed by atoms with Gasteiger partial charge in [-0.3, -0.25) is 0 Å². The van der Waals surface area contributed by atoms with Gasteiger partial charge in [0.25, 0.3) is 0 Å². The fourth-order valence-corrected chi connectivity index (χ4v) is 3.11. The van der Waals surface area contributed by atoms with E-state index < -0.39 is 15.1 Å². The van der Waals surface area contributed by atoms with Gasteiger partial charge in [-0.15, -0.1) is 0 Å². The molecule has 0 N–H and O–H groups in total. The minimum Gasteiger partial charge on any atom is -0.379 e. The lowest BCUT2D eigenvalue weighted by atomic mass is 10.1. The van der Waals surface area contributed by atoms with E-state index in [0.29, 0.717) is 17.7 Å². The molecule has 0 bridgehead atoms. The molecule has 0 aromatic heterocycles. The van der Waals surface area contributed by atoms with E-state index in [9.17, 15) is 13.2 Å². The van der Waals surface area contributed by atoms with E-state index in [-0.39, 0.29) is 13.2 Å². The van der Waals surface area contributed by atoms with Gasteiger partial charge in [0, 0.05) is 6.42 Å². The summed E-state index contributed by atoms with van der Waals surface area (Å²) in [6, 6.07) is 6.73. The number of hydrogen-bond acceptors (Lipinski definition) is 4.